The Balaban J connectivity index is 1.14. The van der Waals surface area contributed by atoms with E-state index in [1.165, 1.54) is 12.1 Å². The van der Waals surface area contributed by atoms with E-state index >= 15 is 0 Å². The molecule has 196 valence electrons. The van der Waals surface area contributed by atoms with Gasteiger partial charge in [-0.1, -0.05) is 54.8 Å². The van der Waals surface area contributed by atoms with Crippen LogP contribution in [0.4, 0.5) is 5.69 Å². The second-order valence-electron chi connectivity index (χ2n) is 10.0. The highest BCUT2D eigenvalue weighted by Gasteiger charge is 2.41. The van der Waals surface area contributed by atoms with Gasteiger partial charge in [-0.05, 0) is 48.7 Å². The molecule has 0 aromatic heterocycles. The van der Waals surface area contributed by atoms with Crippen molar-refractivity contribution in [2.24, 2.45) is 0 Å². The summed E-state index contributed by atoms with van der Waals surface area (Å²) in [5.41, 5.74) is 2.18. The zero-order valence-electron chi connectivity index (χ0n) is 21.2. The molecule has 3 aliphatic rings. The fourth-order valence-electron chi connectivity index (χ4n) is 5.54. The second kappa shape index (κ2) is 12.4. The molecule has 3 fully saturated rings. The number of carbonyl (C=O) groups excluding carboxylic acids is 2. The second-order valence-corrected chi connectivity index (χ2v) is 11.7. The maximum Gasteiger partial charge on any atom is 0.261 e. The van der Waals surface area contributed by atoms with Gasteiger partial charge in [0.15, 0.2) is 0 Å². The first-order valence-corrected chi connectivity index (χ1v) is 14.6. The fraction of sp³-hybridized carbons (Fsp3) is 0.448. The molecule has 8 heteroatoms. The lowest BCUT2D eigenvalue weighted by molar-refractivity contribution is -0.135. The van der Waals surface area contributed by atoms with Crippen LogP contribution >= 0.6 is 23.4 Å². The molecule has 0 spiro atoms. The van der Waals surface area contributed by atoms with E-state index in [2.05, 4.69) is 39.4 Å². The SMILES string of the molecule is O=C(CN1C(=O)/C(=C/c2cccc(Cl)c2)SC2CCCCC21)NCCN1CCN(c2ccccc2)CC1. The summed E-state index contributed by atoms with van der Waals surface area (Å²) in [6, 6.07) is 18.2. The van der Waals surface area contributed by atoms with Gasteiger partial charge in [-0.25, -0.2) is 0 Å². The third-order valence-electron chi connectivity index (χ3n) is 7.52. The smallest absolute Gasteiger partial charge is 0.261 e. The number of nitrogens with one attached hydrogen (secondary N) is 1. The van der Waals surface area contributed by atoms with E-state index in [1.807, 2.05) is 41.3 Å². The molecule has 0 radical (unpaired) electrons. The number of halogens is 1. The maximum absolute atomic E-state index is 13.5. The van der Waals surface area contributed by atoms with E-state index in [0.29, 0.717) is 21.7 Å². The van der Waals surface area contributed by atoms with E-state index in [9.17, 15) is 9.59 Å². The van der Waals surface area contributed by atoms with E-state index in [0.717, 1.165) is 57.5 Å². The topological polar surface area (TPSA) is 55.9 Å². The van der Waals surface area contributed by atoms with Crippen LogP contribution in [0, 0.1) is 0 Å². The summed E-state index contributed by atoms with van der Waals surface area (Å²) < 4.78 is 0. The summed E-state index contributed by atoms with van der Waals surface area (Å²) in [7, 11) is 0. The zero-order valence-corrected chi connectivity index (χ0v) is 22.7. The van der Waals surface area contributed by atoms with Crippen molar-refractivity contribution in [1.82, 2.24) is 15.1 Å². The summed E-state index contributed by atoms with van der Waals surface area (Å²) in [5, 5.41) is 4.06. The average Bonchev–Trinajstić information content (AvgIpc) is 2.92. The van der Waals surface area contributed by atoms with Gasteiger partial charge in [-0.15, -0.1) is 11.8 Å². The predicted molar refractivity (Wildman–Crippen MR) is 153 cm³/mol. The maximum atomic E-state index is 13.5. The monoisotopic (exact) mass is 538 g/mol. The first kappa shape index (κ1) is 26.1. The van der Waals surface area contributed by atoms with Gasteiger partial charge in [-0.3, -0.25) is 14.5 Å². The van der Waals surface area contributed by atoms with Crippen LogP contribution in [0.3, 0.4) is 0 Å². The van der Waals surface area contributed by atoms with Crippen molar-refractivity contribution in [3.8, 4) is 0 Å². The molecule has 1 N–H and O–H groups in total. The summed E-state index contributed by atoms with van der Waals surface area (Å²) in [6.07, 6.45) is 6.24. The molecule has 5 rings (SSSR count). The molecule has 2 amide bonds. The van der Waals surface area contributed by atoms with Gasteiger partial charge in [0.2, 0.25) is 5.91 Å². The van der Waals surface area contributed by atoms with Crippen molar-refractivity contribution < 1.29 is 9.59 Å². The van der Waals surface area contributed by atoms with Gasteiger partial charge in [0, 0.05) is 61.3 Å². The highest BCUT2D eigenvalue weighted by Crippen LogP contribution is 2.42. The summed E-state index contributed by atoms with van der Waals surface area (Å²) >= 11 is 7.83. The first-order valence-electron chi connectivity index (χ1n) is 13.3. The van der Waals surface area contributed by atoms with Crippen LogP contribution in [0.25, 0.3) is 6.08 Å². The summed E-state index contributed by atoms with van der Waals surface area (Å²) in [6.45, 7) is 5.48. The van der Waals surface area contributed by atoms with Gasteiger partial charge >= 0.3 is 0 Å². The molecule has 37 heavy (non-hydrogen) atoms. The average molecular weight is 539 g/mol. The number of amides is 2. The number of nitrogens with zero attached hydrogens (tertiary/aromatic N) is 3. The molecule has 6 nitrogen and oxygen atoms in total. The molecule has 2 aromatic rings. The standard InChI is InChI=1S/C29H35ClN4O2S/c30-23-8-6-7-22(19-23)20-27-29(36)34(25-11-4-5-12-26(25)37-27)21-28(35)31-13-14-32-15-17-33(18-16-32)24-9-2-1-3-10-24/h1-3,6-10,19-20,25-26H,4-5,11-18,21H2,(H,31,35)/b27-20-. The van der Waals surface area contributed by atoms with Crippen LogP contribution < -0.4 is 10.2 Å². The molecular formula is C29H35ClN4O2S. The number of thioether (sulfide) groups is 1. The fourth-order valence-corrected chi connectivity index (χ4v) is 7.21. The van der Waals surface area contributed by atoms with Crippen molar-refractivity contribution >= 4 is 46.9 Å². The largest absolute Gasteiger partial charge is 0.369 e. The molecular weight excluding hydrogens is 504 g/mol. The molecule has 0 bridgehead atoms. The summed E-state index contributed by atoms with van der Waals surface area (Å²) in [5.74, 6) is -0.116. The molecule has 2 saturated heterocycles. The minimum Gasteiger partial charge on any atom is -0.369 e. The van der Waals surface area contributed by atoms with Crippen LogP contribution in [0.1, 0.15) is 31.2 Å². The van der Waals surface area contributed by atoms with Gasteiger partial charge in [-0.2, -0.15) is 0 Å². The van der Waals surface area contributed by atoms with Crippen LogP contribution in [-0.4, -0.2) is 78.7 Å². The molecule has 2 aromatic carbocycles. The number of fused-ring (bicyclic) bond motifs is 1. The molecule has 2 atom stereocenters. The number of hydrogen-bond acceptors (Lipinski definition) is 5. The van der Waals surface area contributed by atoms with Crippen LogP contribution in [0.15, 0.2) is 59.5 Å². The molecule has 2 unspecified atom stereocenters. The molecule has 2 aliphatic heterocycles. The quantitative estimate of drug-likeness (QED) is 0.526. The zero-order chi connectivity index (χ0) is 25.6. The van der Waals surface area contributed by atoms with E-state index < -0.39 is 0 Å². The van der Waals surface area contributed by atoms with Crippen LogP contribution in [-0.2, 0) is 9.59 Å². The third-order valence-corrected chi connectivity index (χ3v) is 9.16. The minimum absolute atomic E-state index is 0.0414. The summed E-state index contributed by atoms with van der Waals surface area (Å²) in [4.78, 5) is 33.8. The number of piperazine rings is 1. The Kier molecular flexibility index (Phi) is 8.74. The molecule has 2 heterocycles. The van der Waals surface area contributed by atoms with Crippen molar-refractivity contribution in [1.29, 1.82) is 0 Å². The van der Waals surface area contributed by atoms with Gasteiger partial charge < -0.3 is 15.1 Å². The highest BCUT2D eigenvalue weighted by molar-refractivity contribution is 8.04. The number of benzene rings is 2. The Morgan fingerprint density at radius 3 is 2.59 bits per heavy atom. The first-order chi connectivity index (χ1) is 18.1. The molecule has 1 saturated carbocycles. The van der Waals surface area contributed by atoms with Crippen LogP contribution in [0.5, 0.6) is 0 Å². The highest BCUT2D eigenvalue weighted by atomic mass is 35.5. The van der Waals surface area contributed by atoms with E-state index in [1.54, 1.807) is 11.8 Å². The van der Waals surface area contributed by atoms with Gasteiger partial charge in [0.1, 0.15) is 6.54 Å². The lowest BCUT2D eigenvalue weighted by Crippen LogP contribution is -2.55. The normalized spacial score (nSPS) is 23.7. The van der Waals surface area contributed by atoms with Crippen molar-refractivity contribution in [2.75, 3.05) is 50.7 Å². The Morgan fingerprint density at radius 1 is 1.03 bits per heavy atom. The Labute approximate surface area is 229 Å². The van der Waals surface area contributed by atoms with E-state index in [-0.39, 0.29) is 24.4 Å². The number of para-hydroxylation sites is 1. The van der Waals surface area contributed by atoms with Gasteiger partial charge in [0.25, 0.3) is 5.91 Å². The number of hydrogen-bond donors (Lipinski definition) is 1. The minimum atomic E-state index is -0.0744. The lowest BCUT2D eigenvalue weighted by atomic mass is 9.93. The Hall–Kier alpha value is -2.48. The van der Waals surface area contributed by atoms with Crippen molar-refractivity contribution in [3.63, 3.8) is 0 Å². The van der Waals surface area contributed by atoms with Crippen molar-refractivity contribution in [3.05, 3.63) is 70.1 Å². The predicted octanol–water partition coefficient (Wildman–Crippen LogP) is 4.51. The lowest BCUT2D eigenvalue weighted by Gasteiger charge is -2.43. The number of anilines is 1. The Morgan fingerprint density at radius 2 is 1.81 bits per heavy atom. The third kappa shape index (κ3) is 6.70. The molecule has 1 aliphatic carbocycles. The number of carbonyl (C=O) groups is 2. The number of rotatable bonds is 7. The van der Waals surface area contributed by atoms with E-state index in [4.69, 9.17) is 11.6 Å². The van der Waals surface area contributed by atoms with Gasteiger partial charge in [0.05, 0.1) is 4.91 Å². The van der Waals surface area contributed by atoms with Crippen molar-refractivity contribution in [2.45, 2.75) is 37.0 Å². The van der Waals surface area contributed by atoms with Crippen LogP contribution in [0.2, 0.25) is 5.02 Å². The Bertz CT molecular complexity index is 1120.